The smallest absolute Gasteiger partial charge is 0.242 e. The van der Waals surface area contributed by atoms with Crippen molar-refractivity contribution in [2.75, 3.05) is 14.1 Å². The van der Waals surface area contributed by atoms with Crippen LogP contribution in [0, 0.1) is 5.82 Å². The van der Waals surface area contributed by atoms with Gasteiger partial charge in [-0.05, 0) is 6.07 Å². The molecule has 0 saturated carbocycles. The molecule has 0 fully saturated rings. The van der Waals surface area contributed by atoms with Crippen LogP contribution in [0.15, 0.2) is 37.2 Å². The molecule has 0 saturated heterocycles. The third kappa shape index (κ3) is 2.51. The van der Waals surface area contributed by atoms with Crippen LogP contribution in [-0.4, -0.2) is 49.4 Å². The number of rotatable bonds is 3. The van der Waals surface area contributed by atoms with Gasteiger partial charge in [0.05, 0.1) is 6.20 Å². The number of carbonyl (C=O) groups excluding carboxylic acids is 1. The number of hydrogen-bond donors (Lipinski definition) is 1. The van der Waals surface area contributed by atoms with E-state index in [-0.39, 0.29) is 12.5 Å². The molecular weight excluding hydrogens is 323 g/mol. The summed E-state index contributed by atoms with van der Waals surface area (Å²) in [7, 11) is 3.41. The lowest BCUT2D eigenvalue weighted by Gasteiger charge is -2.10. The van der Waals surface area contributed by atoms with Gasteiger partial charge in [0.15, 0.2) is 0 Å². The van der Waals surface area contributed by atoms with E-state index in [9.17, 15) is 9.18 Å². The zero-order chi connectivity index (χ0) is 17.6. The standard InChI is InChI=1S/C17H15FN6O/c1-23(2)15(25)8-24-7-14(13-5-19-9-22-17(13)24)12-6-21-16-11(12)3-10(18)4-20-16/h3-7,9H,8H2,1-2H3,(H,20,21). The summed E-state index contributed by atoms with van der Waals surface area (Å²) in [6.45, 7) is 0.162. The van der Waals surface area contributed by atoms with Crippen LogP contribution in [0.3, 0.4) is 0 Å². The van der Waals surface area contributed by atoms with Crippen molar-refractivity contribution in [3.8, 4) is 11.1 Å². The van der Waals surface area contributed by atoms with E-state index in [1.54, 1.807) is 31.1 Å². The van der Waals surface area contributed by atoms with Gasteiger partial charge in [0.25, 0.3) is 0 Å². The van der Waals surface area contributed by atoms with Crippen molar-refractivity contribution in [1.29, 1.82) is 0 Å². The van der Waals surface area contributed by atoms with Crippen LogP contribution in [0.4, 0.5) is 4.39 Å². The number of likely N-dealkylation sites (N-methyl/N-ethyl adjacent to an activating group) is 1. The molecule has 4 rings (SSSR count). The number of amides is 1. The number of H-pyrrole nitrogens is 1. The van der Waals surface area contributed by atoms with Gasteiger partial charge in [-0.3, -0.25) is 4.79 Å². The summed E-state index contributed by atoms with van der Waals surface area (Å²) < 4.78 is 15.4. The predicted octanol–water partition coefficient (Wildman–Crippen LogP) is 2.20. The molecule has 0 aliphatic carbocycles. The largest absolute Gasteiger partial charge is 0.347 e. The minimum Gasteiger partial charge on any atom is -0.347 e. The Bertz CT molecular complexity index is 1100. The molecule has 4 heterocycles. The predicted molar refractivity (Wildman–Crippen MR) is 91.3 cm³/mol. The van der Waals surface area contributed by atoms with E-state index >= 15 is 0 Å². The summed E-state index contributed by atoms with van der Waals surface area (Å²) in [4.78, 5) is 29.1. The number of aromatic amines is 1. The minimum atomic E-state index is -0.406. The Balaban J connectivity index is 1.92. The van der Waals surface area contributed by atoms with Crippen LogP contribution >= 0.6 is 0 Å². The minimum absolute atomic E-state index is 0.0475. The van der Waals surface area contributed by atoms with Crippen LogP contribution in [0.1, 0.15) is 0 Å². The Morgan fingerprint density at radius 1 is 1.24 bits per heavy atom. The Kier molecular flexibility index (Phi) is 3.45. The molecule has 0 aliphatic rings. The van der Waals surface area contributed by atoms with Crippen molar-refractivity contribution in [3.05, 3.63) is 43.0 Å². The van der Waals surface area contributed by atoms with Crippen LogP contribution in [0.5, 0.6) is 0 Å². The lowest BCUT2D eigenvalue weighted by molar-refractivity contribution is -0.129. The highest BCUT2D eigenvalue weighted by atomic mass is 19.1. The average Bonchev–Trinajstić information content (AvgIpc) is 3.16. The molecule has 1 amide bonds. The maximum Gasteiger partial charge on any atom is 0.242 e. The molecule has 4 aromatic heterocycles. The van der Waals surface area contributed by atoms with Crippen LogP contribution in [-0.2, 0) is 11.3 Å². The zero-order valence-corrected chi connectivity index (χ0v) is 13.7. The van der Waals surface area contributed by atoms with Crippen LogP contribution in [0.25, 0.3) is 33.2 Å². The van der Waals surface area contributed by atoms with E-state index in [2.05, 4.69) is 19.9 Å². The Morgan fingerprint density at radius 2 is 2.08 bits per heavy atom. The molecule has 4 aromatic rings. The summed E-state index contributed by atoms with van der Waals surface area (Å²) in [5.74, 6) is -0.454. The molecule has 7 nitrogen and oxygen atoms in total. The van der Waals surface area contributed by atoms with E-state index < -0.39 is 5.82 Å². The number of carbonyl (C=O) groups is 1. The van der Waals surface area contributed by atoms with Crippen molar-refractivity contribution in [2.45, 2.75) is 6.54 Å². The molecule has 0 aromatic carbocycles. The highest BCUT2D eigenvalue weighted by Gasteiger charge is 2.17. The molecule has 8 heteroatoms. The van der Waals surface area contributed by atoms with Crippen molar-refractivity contribution in [2.24, 2.45) is 0 Å². The zero-order valence-electron chi connectivity index (χ0n) is 13.7. The molecule has 1 N–H and O–H groups in total. The third-order valence-corrected chi connectivity index (χ3v) is 4.13. The number of nitrogens with one attached hydrogen (secondary N) is 1. The van der Waals surface area contributed by atoms with Gasteiger partial charge in [-0.15, -0.1) is 0 Å². The molecule has 126 valence electrons. The van der Waals surface area contributed by atoms with Crippen molar-refractivity contribution in [3.63, 3.8) is 0 Å². The van der Waals surface area contributed by atoms with Gasteiger partial charge in [-0.2, -0.15) is 0 Å². The number of fused-ring (bicyclic) bond motifs is 2. The fraction of sp³-hybridized carbons (Fsp3) is 0.176. The van der Waals surface area contributed by atoms with Gasteiger partial charge in [-0.25, -0.2) is 19.3 Å². The van der Waals surface area contributed by atoms with Gasteiger partial charge in [-0.1, -0.05) is 0 Å². The van der Waals surface area contributed by atoms with Crippen molar-refractivity contribution >= 4 is 28.0 Å². The highest BCUT2D eigenvalue weighted by Crippen LogP contribution is 2.34. The molecule has 0 bridgehead atoms. The highest BCUT2D eigenvalue weighted by molar-refractivity contribution is 6.03. The second kappa shape index (κ2) is 5.66. The van der Waals surface area contributed by atoms with Gasteiger partial charge in [0.1, 0.15) is 30.0 Å². The number of nitrogens with zero attached hydrogens (tertiary/aromatic N) is 5. The summed E-state index contributed by atoms with van der Waals surface area (Å²) in [5.41, 5.74) is 2.86. The topological polar surface area (TPSA) is 79.7 Å². The monoisotopic (exact) mass is 338 g/mol. The number of hydrogen-bond acceptors (Lipinski definition) is 4. The van der Waals surface area contributed by atoms with Gasteiger partial charge >= 0.3 is 0 Å². The second-order valence-corrected chi connectivity index (χ2v) is 5.97. The normalized spacial score (nSPS) is 11.3. The number of halogens is 1. The van der Waals surface area contributed by atoms with E-state index in [0.29, 0.717) is 16.7 Å². The molecule has 0 spiro atoms. The molecule has 25 heavy (non-hydrogen) atoms. The van der Waals surface area contributed by atoms with Crippen LogP contribution < -0.4 is 0 Å². The van der Waals surface area contributed by atoms with E-state index in [4.69, 9.17) is 0 Å². The summed E-state index contributed by atoms with van der Waals surface area (Å²) >= 11 is 0. The lowest BCUT2D eigenvalue weighted by atomic mass is 10.1. The Morgan fingerprint density at radius 3 is 2.88 bits per heavy atom. The lowest BCUT2D eigenvalue weighted by Crippen LogP contribution is -2.26. The molecule has 0 atom stereocenters. The number of aromatic nitrogens is 5. The summed E-state index contributed by atoms with van der Waals surface area (Å²) in [6.07, 6.45) is 7.93. The maximum absolute atomic E-state index is 13.6. The Labute approximate surface area is 142 Å². The molecule has 0 radical (unpaired) electrons. The first-order chi connectivity index (χ1) is 12.0. The fourth-order valence-corrected chi connectivity index (χ4v) is 2.85. The number of pyridine rings is 1. The first-order valence-electron chi connectivity index (χ1n) is 7.66. The average molecular weight is 338 g/mol. The van der Waals surface area contributed by atoms with Gasteiger partial charge < -0.3 is 14.5 Å². The van der Waals surface area contributed by atoms with Crippen molar-refractivity contribution < 1.29 is 9.18 Å². The third-order valence-electron chi connectivity index (χ3n) is 4.13. The summed E-state index contributed by atoms with van der Waals surface area (Å²) in [5, 5.41) is 1.46. The molecular formula is C17H15FN6O. The maximum atomic E-state index is 13.6. The van der Waals surface area contributed by atoms with E-state index in [0.717, 1.165) is 16.5 Å². The van der Waals surface area contributed by atoms with Gasteiger partial charge in [0.2, 0.25) is 5.91 Å². The molecule has 0 unspecified atom stereocenters. The van der Waals surface area contributed by atoms with Crippen LogP contribution in [0.2, 0.25) is 0 Å². The quantitative estimate of drug-likeness (QED) is 0.621. The first kappa shape index (κ1) is 15.3. The fourth-order valence-electron chi connectivity index (χ4n) is 2.85. The summed E-state index contributed by atoms with van der Waals surface area (Å²) in [6, 6.07) is 1.44. The SMILES string of the molecule is CN(C)C(=O)Cn1cc(-c2c[nH]c3ncc(F)cc23)c2cncnc21. The van der Waals surface area contributed by atoms with E-state index in [1.807, 2.05) is 6.20 Å². The Hall–Kier alpha value is -3.29. The van der Waals surface area contributed by atoms with E-state index in [1.165, 1.54) is 23.5 Å². The second-order valence-electron chi connectivity index (χ2n) is 5.97. The first-order valence-corrected chi connectivity index (χ1v) is 7.66. The van der Waals surface area contributed by atoms with Crippen molar-refractivity contribution in [1.82, 2.24) is 29.4 Å². The van der Waals surface area contributed by atoms with Gasteiger partial charge in [0, 0.05) is 54.6 Å². The molecule has 0 aliphatic heterocycles.